The third kappa shape index (κ3) is 4.69. The van der Waals surface area contributed by atoms with Gasteiger partial charge in [-0.2, -0.15) is 0 Å². The van der Waals surface area contributed by atoms with E-state index in [1.807, 2.05) is 0 Å². The number of aryl methyl sites for hydroxylation is 1. The van der Waals surface area contributed by atoms with Gasteiger partial charge in [0.25, 0.3) is 0 Å². The van der Waals surface area contributed by atoms with Crippen molar-refractivity contribution in [1.29, 1.82) is 0 Å². The van der Waals surface area contributed by atoms with Crippen LogP contribution in [0.5, 0.6) is 0 Å². The van der Waals surface area contributed by atoms with Crippen molar-refractivity contribution in [3.63, 3.8) is 0 Å². The van der Waals surface area contributed by atoms with Crippen LogP contribution in [0.25, 0.3) is 0 Å². The summed E-state index contributed by atoms with van der Waals surface area (Å²) in [7, 11) is 1.79. The summed E-state index contributed by atoms with van der Waals surface area (Å²) in [6.45, 7) is 3.38. The van der Waals surface area contributed by atoms with Gasteiger partial charge < -0.3 is 19.9 Å². The number of nitrogens with zero attached hydrogens (tertiary/aromatic N) is 4. The third-order valence-electron chi connectivity index (χ3n) is 4.84. The predicted molar refractivity (Wildman–Crippen MR) is 94.0 cm³/mol. The van der Waals surface area contributed by atoms with Crippen LogP contribution in [-0.2, 0) is 24.2 Å². The molecule has 0 radical (unpaired) electrons. The number of ether oxygens (including phenoxy) is 1. The monoisotopic (exact) mass is 334 g/mol. The highest BCUT2D eigenvalue weighted by atomic mass is 16.5. The van der Waals surface area contributed by atoms with Crippen LogP contribution in [0.2, 0.25) is 0 Å². The van der Waals surface area contributed by atoms with E-state index in [4.69, 9.17) is 4.74 Å². The Kier molecular flexibility index (Phi) is 6.46. The lowest BCUT2D eigenvalue weighted by molar-refractivity contribution is 0.0277. The molecule has 0 unspecified atom stereocenters. The summed E-state index contributed by atoms with van der Waals surface area (Å²) in [5, 5.41) is 15.1. The first kappa shape index (κ1) is 17.2. The van der Waals surface area contributed by atoms with Crippen LogP contribution in [0.3, 0.4) is 0 Å². The average Bonchev–Trinajstić information content (AvgIpc) is 3.22. The van der Waals surface area contributed by atoms with E-state index in [0.717, 1.165) is 50.1 Å². The Morgan fingerprint density at radius 1 is 1.21 bits per heavy atom. The molecule has 0 bridgehead atoms. The molecule has 1 aliphatic carbocycles. The van der Waals surface area contributed by atoms with E-state index < -0.39 is 0 Å². The fraction of sp³-hybridized carbons (Fsp3) is 0.824. The van der Waals surface area contributed by atoms with Gasteiger partial charge >= 0.3 is 0 Å². The fourth-order valence-corrected chi connectivity index (χ4v) is 3.49. The summed E-state index contributed by atoms with van der Waals surface area (Å²) in [6.07, 6.45) is 10.2. The number of hydrogen-bond donors (Lipinski definition) is 2. The van der Waals surface area contributed by atoms with E-state index in [-0.39, 0.29) is 0 Å². The topological polar surface area (TPSA) is 76.4 Å². The van der Waals surface area contributed by atoms with Crippen molar-refractivity contribution in [2.45, 2.75) is 70.6 Å². The number of aromatic nitrogens is 3. The first-order valence-corrected chi connectivity index (χ1v) is 9.34. The zero-order valence-electron chi connectivity index (χ0n) is 14.8. The number of fused-ring (bicyclic) bond motifs is 1. The average molecular weight is 334 g/mol. The van der Waals surface area contributed by atoms with Crippen LogP contribution in [0.4, 0.5) is 0 Å². The second-order valence-corrected chi connectivity index (χ2v) is 6.62. The van der Waals surface area contributed by atoms with Crippen molar-refractivity contribution in [2.24, 2.45) is 4.99 Å². The normalized spacial score (nSPS) is 18.6. The van der Waals surface area contributed by atoms with Gasteiger partial charge in [0.1, 0.15) is 5.82 Å². The maximum absolute atomic E-state index is 5.95. The van der Waals surface area contributed by atoms with E-state index in [1.54, 1.807) is 7.05 Å². The van der Waals surface area contributed by atoms with Crippen molar-refractivity contribution < 1.29 is 4.74 Å². The highest BCUT2D eigenvalue weighted by Crippen LogP contribution is 2.20. The molecule has 2 aliphatic rings. The number of nitrogens with one attached hydrogen (secondary N) is 2. The quantitative estimate of drug-likeness (QED) is 0.450. The van der Waals surface area contributed by atoms with Crippen molar-refractivity contribution in [3.8, 4) is 0 Å². The molecule has 1 aliphatic heterocycles. The van der Waals surface area contributed by atoms with Gasteiger partial charge in [-0.3, -0.25) is 4.99 Å². The van der Waals surface area contributed by atoms with Crippen molar-refractivity contribution in [2.75, 3.05) is 20.2 Å². The zero-order chi connectivity index (χ0) is 16.6. The Labute approximate surface area is 144 Å². The molecule has 1 aromatic heterocycles. The molecule has 7 nitrogen and oxygen atoms in total. The Morgan fingerprint density at radius 2 is 2.08 bits per heavy atom. The first-order chi connectivity index (χ1) is 11.9. The summed E-state index contributed by atoms with van der Waals surface area (Å²) in [4.78, 5) is 4.26. The Balaban J connectivity index is 1.30. The predicted octanol–water partition coefficient (Wildman–Crippen LogP) is 1.63. The fourth-order valence-electron chi connectivity index (χ4n) is 3.49. The Hall–Kier alpha value is -1.63. The molecular weight excluding hydrogens is 304 g/mol. The van der Waals surface area contributed by atoms with Gasteiger partial charge in [0, 0.05) is 33.2 Å². The maximum atomic E-state index is 5.95. The Morgan fingerprint density at radius 3 is 2.92 bits per heavy atom. The summed E-state index contributed by atoms with van der Waals surface area (Å²) in [5.74, 6) is 2.91. The lowest BCUT2D eigenvalue weighted by Gasteiger charge is -2.22. The summed E-state index contributed by atoms with van der Waals surface area (Å²) >= 11 is 0. The van der Waals surface area contributed by atoms with E-state index in [1.165, 1.54) is 38.5 Å². The largest absolute Gasteiger partial charge is 0.378 e. The second kappa shape index (κ2) is 9.01. The lowest BCUT2D eigenvalue weighted by Crippen LogP contribution is -2.38. The van der Waals surface area contributed by atoms with Crippen LogP contribution in [0, 0.1) is 0 Å². The molecule has 1 saturated carbocycles. The molecule has 134 valence electrons. The maximum Gasteiger partial charge on any atom is 0.191 e. The van der Waals surface area contributed by atoms with Crippen molar-refractivity contribution in [1.82, 2.24) is 25.4 Å². The molecule has 0 amide bonds. The van der Waals surface area contributed by atoms with Gasteiger partial charge in [-0.05, 0) is 25.7 Å². The van der Waals surface area contributed by atoms with Crippen LogP contribution < -0.4 is 10.6 Å². The Bertz CT molecular complexity index is 535. The van der Waals surface area contributed by atoms with E-state index in [9.17, 15) is 0 Å². The SMILES string of the molecule is CN=C(NCCCOC1CCCCC1)NCc1nnc2n1CCC2. The summed E-state index contributed by atoms with van der Waals surface area (Å²) < 4.78 is 8.15. The smallest absolute Gasteiger partial charge is 0.191 e. The van der Waals surface area contributed by atoms with Gasteiger partial charge in [0.2, 0.25) is 0 Å². The zero-order valence-corrected chi connectivity index (χ0v) is 14.8. The van der Waals surface area contributed by atoms with E-state index in [0.29, 0.717) is 12.6 Å². The number of guanidine groups is 1. The van der Waals surface area contributed by atoms with Crippen molar-refractivity contribution in [3.05, 3.63) is 11.6 Å². The molecule has 1 aromatic rings. The number of rotatable bonds is 7. The molecular formula is C17H30N6O. The summed E-state index contributed by atoms with van der Waals surface area (Å²) in [6, 6.07) is 0. The van der Waals surface area contributed by atoms with Gasteiger partial charge in [-0.25, -0.2) is 0 Å². The van der Waals surface area contributed by atoms with Crippen LogP contribution in [0.15, 0.2) is 4.99 Å². The molecule has 1 fully saturated rings. The van der Waals surface area contributed by atoms with Crippen LogP contribution in [-0.4, -0.2) is 47.0 Å². The van der Waals surface area contributed by atoms with Gasteiger partial charge in [0.05, 0.1) is 12.6 Å². The second-order valence-electron chi connectivity index (χ2n) is 6.62. The van der Waals surface area contributed by atoms with Gasteiger partial charge in [-0.1, -0.05) is 19.3 Å². The van der Waals surface area contributed by atoms with Crippen molar-refractivity contribution >= 4 is 5.96 Å². The minimum absolute atomic E-state index is 0.492. The number of hydrogen-bond acceptors (Lipinski definition) is 4. The minimum atomic E-state index is 0.492. The van der Waals surface area contributed by atoms with Gasteiger partial charge in [-0.15, -0.1) is 10.2 Å². The molecule has 2 heterocycles. The number of aliphatic imine (C=N–C) groups is 1. The minimum Gasteiger partial charge on any atom is -0.378 e. The van der Waals surface area contributed by atoms with Crippen LogP contribution >= 0.6 is 0 Å². The van der Waals surface area contributed by atoms with Crippen LogP contribution in [0.1, 0.15) is 56.6 Å². The molecule has 2 N–H and O–H groups in total. The first-order valence-electron chi connectivity index (χ1n) is 9.34. The molecule has 0 aromatic carbocycles. The van der Waals surface area contributed by atoms with E-state index in [2.05, 4.69) is 30.4 Å². The molecule has 0 saturated heterocycles. The lowest BCUT2D eigenvalue weighted by atomic mass is 9.98. The molecule has 0 spiro atoms. The third-order valence-corrected chi connectivity index (χ3v) is 4.84. The molecule has 24 heavy (non-hydrogen) atoms. The van der Waals surface area contributed by atoms with E-state index >= 15 is 0 Å². The molecule has 3 rings (SSSR count). The summed E-state index contributed by atoms with van der Waals surface area (Å²) in [5.41, 5.74) is 0. The van der Waals surface area contributed by atoms with Gasteiger partial charge in [0.15, 0.2) is 11.8 Å². The highest BCUT2D eigenvalue weighted by molar-refractivity contribution is 5.79. The standard InChI is InChI=1S/C17H30N6O/c1-18-17(19-10-6-12-24-14-7-3-2-4-8-14)20-13-16-22-21-15-9-5-11-23(15)16/h14H,2-13H2,1H3,(H2,18,19,20). The molecule has 7 heteroatoms. The highest BCUT2D eigenvalue weighted by Gasteiger charge is 2.17. The molecule has 0 atom stereocenters.